The lowest BCUT2D eigenvalue weighted by Crippen LogP contribution is -2.42. The molecule has 6 heteroatoms. The summed E-state index contributed by atoms with van der Waals surface area (Å²) in [5.41, 5.74) is 0.855. The molecule has 3 rings (SSSR count). The van der Waals surface area contributed by atoms with Crippen LogP contribution in [-0.2, 0) is 11.8 Å². The number of benzene rings is 1. The first kappa shape index (κ1) is 14.3. The Morgan fingerprint density at radius 3 is 2.68 bits per heavy atom. The van der Waals surface area contributed by atoms with E-state index < -0.39 is 6.04 Å². The highest BCUT2D eigenvalue weighted by molar-refractivity contribution is 6.03. The summed E-state index contributed by atoms with van der Waals surface area (Å²) in [4.78, 5) is 30.5. The molecule has 114 valence electrons. The lowest BCUT2D eigenvalue weighted by molar-refractivity contribution is -0.118. The largest absolute Gasteiger partial charge is 0.337 e. The molecule has 0 radical (unpaired) electrons. The van der Waals surface area contributed by atoms with Gasteiger partial charge in [0.25, 0.3) is 5.91 Å². The summed E-state index contributed by atoms with van der Waals surface area (Å²) in [7, 11) is 1.75. The number of hydrogen-bond donors (Lipinski definition) is 1. The monoisotopic (exact) mass is 298 g/mol. The predicted octanol–water partition coefficient (Wildman–Crippen LogP) is 1.34. The van der Waals surface area contributed by atoms with Crippen LogP contribution < -0.4 is 10.2 Å². The van der Waals surface area contributed by atoms with E-state index in [2.05, 4.69) is 10.3 Å². The number of carbonyl (C=O) groups excluding carboxylic acids is 2. The normalized spacial score (nSPS) is 21.2. The number of nitrogens with zero attached hydrogens (tertiary/aromatic N) is 3. The van der Waals surface area contributed by atoms with Gasteiger partial charge in [-0.25, -0.2) is 4.98 Å². The first-order chi connectivity index (χ1) is 10.6. The van der Waals surface area contributed by atoms with Crippen LogP contribution >= 0.6 is 0 Å². The van der Waals surface area contributed by atoms with E-state index >= 15 is 0 Å². The van der Waals surface area contributed by atoms with Gasteiger partial charge in [-0.1, -0.05) is 18.2 Å². The van der Waals surface area contributed by atoms with Crippen LogP contribution in [0.15, 0.2) is 42.7 Å². The van der Waals surface area contributed by atoms with Crippen molar-refractivity contribution in [3.63, 3.8) is 0 Å². The third-order valence-electron chi connectivity index (χ3n) is 3.92. The number of amides is 2. The molecule has 1 fully saturated rings. The molecule has 1 aromatic heterocycles. The molecule has 0 saturated carbocycles. The van der Waals surface area contributed by atoms with Crippen LogP contribution in [0.2, 0.25) is 0 Å². The molecule has 1 N–H and O–H groups in total. The molecule has 1 aromatic carbocycles. The van der Waals surface area contributed by atoms with Gasteiger partial charge in [0.05, 0.1) is 0 Å². The average molecular weight is 298 g/mol. The van der Waals surface area contributed by atoms with Crippen LogP contribution in [-0.4, -0.2) is 33.4 Å². The summed E-state index contributed by atoms with van der Waals surface area (Å²) < 4.78 is 1.63. The van der Waals surface area contributed by atoms with Crippen LogP contribution in [0, 0.1) is 0 Å². The fraction of sp³-hybridized carbons (Fsp3) is 0.312. The Hall–Kier alpha value is -2.63. The molecule has 2 aromatic rings. The highest BCUT2D eigenvalue weighted by Gasteiger charge is 2.39. The zero-order valence-electron chi connectivity index (χ0n) is 12.6. The van der Waals surface area contributed by atoms with Crippen molar-refractivity contribution in [3.8, 4) is 0 Å². The second kappa shape index (κ2) is 5.63. The predicted molar refractivity (Wildman–Crippen MR) is 82.5 cm³/mol. The summed E-state index contributed by atoms with van der Waals surface area (Å²) >= 11 is 0. The van der Waals surface area contributed by atoms with Gasteiger partial charge in [-0.3, -0.25) is 9.59 Å². The molecule has 2 heterocycles. The smallest absolute Gasteiger partial charge is 0.287 e. The van der Waals surface area contributed by atoms with Gasteiger partial charge >= 0.3 is 0 Å². The molecular formula is C16H18N4O2. The number of para-hydroxylation sites is 1. The lowest BCUT2D eigenvalue weighted by atomic mass is 10.2. The second-order valence-corrected chi connectivity index (χ2v) is 5.52. The Morgan fingerprint density at radius 1 is 1.32 bits per heavy atom. The van der Waals surface area contributed by atoms with E-state index in [-0.39, 0.29) is 17.9 Å². The summed E-state index contributed by atoms with van der Waals surface area (Å²) in [6.07, 6.45) is 3.85. The Morgan fingerprint density at radius 2 is 2.05 bits per heavy atom. The van der Waals surface area contributed by atoms with Crippen molar-refractivity contribution in [2.75, 3.05) is 4.90 Å². The molecule has 0 spiro atoms. The summed E-state index contributed by atoms with van der Waals surface area (Å²) in [5, 5.41) is 2.79. The van der Waals surface area contributed by atoms with Crippen LogP contribution in [0.3, 0.4) is 0 Å². The van der Waals surface area contributed by atoms with E-state index in [0.717, 1.165) is 5.69 Å². The molecule has 2 atom stereocenters. The molecule has 0 bridgehead atoms. The fourth-order valence-corrected chi connectivity index (χ4v) is 2.83. The van der Waals surface area contributed by atoms with Gasteiger partial charge in [0.1, 0.15) is 6.04 Å². The molecule has 22 heavy (non-hydrogen) atoms. The van der Waals surface area contributed by atoms with Gasteiger partial charge in [-0.2, -0.15) is 0 Å². The topological polar surface area (TPSA) is 67.2 Å². The van der Waals surface area contributed by atoms with Crippen molar-refractivity contribution in [2.45, 2.75) is 25.4 Å². The standard InChI is InChI=1S/C16H18N4O2/c1-11-10-13(18-15(21)14-17-8-9-19(14)2)16(22)20(11)12-6-4-3-5-7-12/h3-9,11,13H,10H2,1-2H3,(H,18,21)/t11-,13+/m1/s1. The minimum atomic E-state index is -0.514. The number of carbonyl (C=O) groups is 2. The molecule has 1 saturated heterocycles. The maximum absolute atomic E-state index is 12.6. The molecule has 1 aliphatic heterocycles. The maximum Gasteiger partial charge on any atom is 0.287 e. The number of hydrogen-bond acceptors (Lipinski definition) is 3. The highest BCUT2D eigenvalue weighted by atomic mass is 16.2. The zero-order valence-corrected chi connectivity index (χ0v) is 12.6. The van der Waals surface area contributed by atoms with Gasteiger partial charge in [-0.05, 0) is 25.5 Å². The molecule has 6 nitrogen and oxygen atoms in total. The van der Waals surface area contributed by atoms with E-state index in [1.807, 2.05) is 37.3 Å². The summed E-state index contributed by atoms with van der Waals surface area (Å²) in [6.45, 7) is 1.98. The Kier molecular flexibility index (Phi) is 3.66. The number of aromatic nitrogens is 2. The van der Waals surface area contributed by atoms with E-state index in [1.165, 1.54) is 0 Å². The van der Waals surface area contributed by atoms with E-state index in [9.17, 15) is 9.59 Å². The van der Waals surface area contributed by atoms with Crippen LogP contribution in [0.4, 0.5) is 5.69 Å². The van der Waals surface area contributed by atoms with Crippen molar-refractivity contribution in [1.29, 1.82) is 0 Å². The van der Waals surface area contributed by atoms with Crippen LogP contribution in [0.5, 0.6) is 0 Å². The van der Waals surface area contributed by atoms with Crippen molar-refractivity contribution in [2.24, 2.45) is 7.05 Å². The fourth-order valence-electron chi connectivity index (χ4n) is 2.83. The summed E-state index contributed by atoms with van der Waals surface area (Å²) in [6, 6.07) is 9.04. The number of nitrogens with one attached hydrogen (secondary N) is 1. The number of rotatable bonds is 3. The van der Waals surface area contributed by atoms with Crippen LogP contribution in [0.1, 0.15) is 24.0 Å². The molecule has 0 aliphatic carbocycles. The van der Waals surface area contributed by atoms with Crippen LogP contribution in [0.25, 0.3) is 0 Å². The first-order valence-corrected chi connectivity index (χ1v) is 7.24. The van der Waals surface area contributed by atoms with Gasteiger partial charge < -0.3 is 14.8 Å². The van der Waals surface area contributed by atoms with E-state index in [0.29, 0.717) is 12.2 Å². The molecule has 0 unspecified atom stereocenters. The summed E-state index contributed by atoms with van der Waals surface area (Å²) in [5.74, 6) is -0.104. The lowest BCUT2D eigenvalue weighted by Gasteiger charge is -2.21. The highest BCUT2D eigenvalue weighted by Crippen LogP contribution is 2.26. The van der Waals surface area contributed by atoms with Gasteiger partial charge in [0.15, 0.2) is 5.82 Å². The zero-order chi connectivity index (χ0) is 15.7. The van der Waals surface area contributed by atoms with Crippen molar-refractivity contribution in [1.82, 2.24) is 14.9 Å². The third kappa shape index (κ3) is 2.47. The van der Waals surface area contributed by atoms with Crippen molar-refractivity contribution < 1.29 is 9.59 Å². The van der Waals surface area contributed by atoms with E-state index in [1.54, 1.807) is 28.9 Å². The quantitative estimate of drug-likeness (QED) is 0.930. The van der Waals surface area contributed by atoms with Crippen molar-refractivity contribution >= 4 is 17.5 Å². The average Bonchev–Trinajstić information content (AvgIpc) is 3.04. The number of imidazole rings is 1. The number of aryl methyl sites for hydroxylation is 1. The Labute approximate surface area is 128 Å². The molecular weight excluding hydrogens is 280 g/mol. The van der Waals surface area contributed by atoms with Gasteiger partial charge in [-0.15, -0.1) is 0 Å². The minimum absolute atomic E-state index is 0.0431. The first-order valence-electron chi connectivity index (χ1n) is 7.24. The maximum atomic E-state index is 12.6. The Bertz CT molecular complexity index is 695. The minimum Gasteiger partial charge on any atom is -0.337 e. The molecule has 2 amide bonds. The third-order valence-corrected chi connectivity index (χ3v) is 3.92. The molecule has 1 aliphatic rings. The van der Waals surface area contributed by atoms with Gasteiger partial charge in [0.2, 0.25) is 5.91 Å². The van der Waals surface area contributed by atoms with Gasteiger partial charge in [0, 0.05) is 31.2 Å². The second-order valence-electron chi connectivity index (χ2n) is 5.52. The van der Waals surface area contributed by atoms with Crippen molar-refractivity contribution in [3.05, 3.63) is 48.5 Å². The Balaban J connectivity index is 1.76. The SMILES string of the molecule is C[C@@H]1C[C@H](NC(=O)c2nccn2C)C(=O)N1c1ccccc1. The number of anilines is 1. The van der Waals surface area contributed by atoms with E-state index in [4.69, 9.17) is 0 Å².